The molecule has 2 amide bonds. The summed E-state index contributed by atoms with van der Waals surface area (Å²) in [5.74, 6) is -0.374. The molecule has 1 N–H and O–H groups in total. The number of likely N-dealkylation sites (N-methyl/N-ethyl adjacent to an activating group) is 1. The Hall–Kier alpha value is -3.67. The van der Waals surface area contributed by atoms with Crippen LogP contribution in [0.5, 0.6) is 0 Å². The molecule has 3 aromatic rings. The highest BCUT2D eigenvalue weighted by atomic mass is 16.4. The fourth-order valence-corrected chi connectivity index (χ4v) is 4.36. The van der Waals surface area contributed by atoms with E-state index in [4.69, 9.17) is 0 Å². The number of benzene rings is 2. The van der Waals surface area contributed by atoms with E-state index in [1.807, 2.05) is 42.5 Å². The Balaban J connectivity index is 1.72. The quantitative estimate of drug-likeness (QED) is 0.663. The van der Waals surface area contributed by atoms with Gasteiger partial charge < -0.3 is 10.0 Å². The van der Waals surface area contributed by atoms with Gasteiger partial charge in [0.15, 0.2) is 0 Å². The number of carbonyl (C=O) groups excluding carboxylic acids is 1. The van der Waals surface area contributed by atoms with Crippen molar-refractivity contribution in [2.45, 2.75) is 18.4 Å². The highest BCUT2D eigenvalue weighted by molar-refractivity contribution is 5.86. The first-order valence-corrected chi connectivity index (χ1v) is 10.2. The molecular formula is C25H25N3O3. The topological polar surface area (TPSA) is 73.7 Å². The molecule has 4 rings (SSSR count). The van der Waals surface area contributed by atoms with Crippen LogP contribution in [0, 0.1) is 0 Å². The van der Waals surface area contributed by atoms with Crippen LogP contribution in [0.2, 0.25) is 0 Å². The highest BCUT2D eigenvalue weighted by Crippen LogP contribution is 2.45. The van der Waals surface area contributed by atoms with Gasteiger partial charge >= 0.3 is 6.09 Å². The molecule has 0 saturated carbocycles. The van der Waals surface area contributed by atoms with Gasteiger partial charge in [-0.1, -0.05) is 54.6 Å². The summed E-state index contributed by atoms with van der Waals surface area (Å²) in [6.45, 7) is 0.202. The summed E-state index contributed by atoms with van der Waals surface area (Å²) in [5, 5.41) is 10.1. The summed E-state index contributed by atoms with van der Waals surface area (Å²) in [5.41, 5.74) is 5.24. The van der Waals surface area contributed by atoms with Crippen molar-refractivity contribution in [2.24, 2.45) is 0 Å². The second kappa shape index (κ2) is 8.60. The Morgan fingerprint density at radius 3 is 2.10 bits per heavy atom. The number of aromatic nitrogens is 1. The fourth-order valence-electron chi connectivity index (χ4n) is 4.36. The first-order valence-electron chi connectivity index (χ1n) is 10.2. The van der Waals surface area contributed by atoms with Crippen molar-refractivity contribution in [3.8, 4) is 11.1 Å². The van der Waals surface area contributed by atoms with Crippen LogP contribution in [-0.2, 0) is 11.2 Å². The van der Waals surface area contributed by atoms with Crippen molar-refractivity contribution in [1.29, 1.82) is 0 Å². The van der Waals surface area contributed by atoms with Gasteiger partial charge in [-0.25, -0.2) is 4.79 Å². The van der Waals surface area contributed by atoms with Gasteiger partial charge in [0, 0.05) is 45.4 Å². The van der Waals surface area contributed by atoms with Crippen LogP contribution in [0.3, 0.4) is 0 Å². The van der Waals surface area contributed by atoms with E-state index < -0.39 is 12.1 Å². The Morgan fingerprint density at radius 2 is 1.58 bits per heavy atom. The first-order chi connectivity index (χ1) is 15.0. The third-order valence-electron chi connectivity index (χ3n) is 5.84. The van der Waals surface area contributed by atoms with E-state index in [0.29, 0.717) is 0 Å². The van der Waals surface area contributed by atoms with Crippen molar-refractivity contribution in [3.63, 3.8) is 0 Å². The molecule has 2 aromatic carbocycles. The molecule has 6 nitrogen and oxygen atoms in total. The first kappa shape index (κ1) is 20.6. The zero-order valence-electron chi connectivity index (χ0n) is 17.6. The van der Waals surface area contributed by atoms with Crippen LogP contribution in [0.4, 0.5) is 4.79 Å². The van der Waals surface area contributed by atoms with E-state index in [2.05, 4.69) is 17.1 Å². The lowest BCUT2D eigenvalue weighted by Gasteiger charge is -2.32. The smallest absolute Gasteiger partial charge is 0.408 e. The lowest BCUT2D eigenvalue weighted by atomic mass is 9.95. The Labute approximate surface area is 181 Å². The van der Waals surface area contributed by atoms with Crippen molar-refractivity contribution in [1.82, 2.24) is 14.8 Å². The summed E-state index contributed by atoms with van der Waals surface area (Å²) in [4.78, 5) is 32.3. The molecule has 1 aliphatic rings. The van der Waals surface area contributed by atoms with Crippen LogP contribution in [-0.4, -0.2) is 58.6 Å². The van der Waals surface area contributed by atoms with Crippen molar-refractivity contribution < 1.29 is 14.7 Å². The standard InChI is InChI=1S/C25H25N3O3/c1-27(2)24(29)23(14-17-8-7-13-26-15-17)28(25(30)31)16-22-20-11-5-3-9-18(20)19-10-4-6-12-21(19)22/h3-13,15,22-23H,14,16H2,1-2H3,(H,30,31)/t23-/m0/s1. The molecule has 0 saturated heterocycles. The molecule has 0 bridgehead atoms. The number of hydrogen-bond acceptors (Lipinski definition) is 3. The molecular weight excluding hydrogens is 390 g/mol. The molecule has 1 aliphatic carbocycles. The van der Waals surface area contributed by atoms with E-state index in [1.165, 1.54) is 9.80 Å². The minimum atomic E-state index is -1.11. The van der Waals surface area contributed by atoms with Gasteiger partial charge in [-0.3, -0.25) is 14.7 Å². The maximum Gasteiger partial charge on any atom is 0.408 e. The Kier molecular flexibility index (Phi) is 5.71. The minimum Gasteiger partial charge on any atom is -0.465 e. The lowest BCUT2D eigenvalue weighted by Crippen LogP contribution is -2.51. The zero-order chi connectivity index (χ0) is 22.0. The number of nitrogens with zero attached hydrogens (tertiary/aromatic N) is 3. The average molecular weight is 415 g/mol. The maximum absolute atomic E-state index is 13.1. The molecule has 0 aliphatic heterocycles. The normalized spacial score (nSPS) is 13.2. The SMILES string of the molecule is CN(C)C(=O)[C@H](Cc1cccnc1)N(CC1c2ccccc2-c2ccccc21)C(=O)O. The molecule has 1 aromatic heterocycles. The summed E-state index contributed by atoms with van der Waals surface area (Å²) < 4.78 is 0. The largest absolute Gasteiger partial charge is 0.465 e. The van der Waals surface area contributed by atoms with Crippen LogP contribution in [0.15, 0.2) is 73.1 Å². The van der Waals surface area contributed by atoms with E-state index in [9.17, 15) is 14.7 Å². The maximum atomic E-state index is 13.1. The fraction of sp³-hybridized carbons (Fsp3) is 0.240. The number of pyridine rings is 1. The third-order valence-corrected chi connectivity index (χ3v) is 5.84. The van der Waals surface area contributed by atoms with Gasteiger partial charge in [0.1, 0.15) is 6.04 Å². The summed E-state index contributed by atoms with van der Waals surface area (Å²) in [6, 6.07) is 19.0. The minimum absolute atomic E-state index is 0.130. The second-order valence-corrected chi connectivity index (χ2v) is 7.98. The summed E-state index contributed by atoms with van der Waals surface area (Å²) in [6.07, 6.45) is 2.50. The number of hydrogen-bond donors (Lipinski definition) is 1. The van der Waals surface area contributed by atoms with Crippen LogP contribution in [0.25, 0.3) is 11.1 Å². The predicted octanol–water partition coefficient (Wildman–Crippen LogP) is 3.87. The third kappa shape index (κ3) is 4.01. The van der Waals surface area contributed by atoms with Crippen molar-refractivity contribution >= 4 is 12.0 Å². The number of carboxylic acid groups (broad SMARTS) is 1. The molecule has 0 spiro atoms. The molecule has 0 fully saturated rings. The van der Waals surface area contributed by atoms with Gasteiger partial charge in [-0.05, 0) is 33.9 Å². The molecule has 6 heteroatoms. The summed E-state index contributed by atoms with van der Waals surface area (Å²) in [7, 11) is 3.30. The molecule has 158 valence electrons. The van der Waals surface area contributed by atoms with Crippen molar-refractivity contribution in [2.75, 3.05) is 20.6 Å². The second-order valence-electron chi connectivity index (χ2n) is 7.98. The van der Waals surface area contributed by atoms with Gasteiger partial charge in [-0.2, -0.15) is 0 Å². The molecule has 0 unspecified atom stereocenters. The van der Waals surface area contributed by atoms with Gasteiger partial charge in [-0.15, -0.1) is 0 Å². The zero-order valence-corrected chi connectivity index (χ0v) is 17.6. The van der Waals surface area contributed by atoms with Crippen molar-refractivity contribution in [3.05, 3.63) is 89.7 Å². The molecule has 31 heavy (non-hydrogen) atoms. The van der Waals surface area contributed by atoms with Crippen LogP contribution in [0.1, 0.15) is 22.6 Å². The van der Waals surface area contributed by atoms with E-state index in [-0.39, 0.29) is 24.8 Å². The lowest BCUT2D eigenvalue weighted by molar-refractivity contribution is -0.133. The number of rotatable bonds is 6. The number of amides is 2. The van der Waals surface area contributed by atoms with Crippen LogP contribution >= 0.6 is 0 Å². The number of fused-ring (bicyclic) bond motifs is 3. The number of carbonyl (C=O) groups is 2. The molecule has 1 atom stereocenters. The molecule has 0 radical (unpaired) electrons. The summed E-state index contributed by atoms with van der Waals surface area (Å²) >= 11 is 0. The highest BCUT2D eigenvalue weighted by Gasteiger charge is 2.36. The average Bonchev–Trinajstić information content (AvgIpc) is 3.10. The monoisotopic (exact) mass is 415 g/mol. The predicted molar refractivity (Wildman–Crippen MR) is 119 cm³/mol. The molecule has 1 heterocycles. The Bertz CT molecular complexity index is 1050. The van der Waals surface area contributed by atoms with Crippen LogP contribution < -0.4 is 0 Å². The van der Waals surface area contributed by atoms with Gasteiger partial charge in [0.2, 0.25) is 5.91 Å². The van der Waals surface area contributed by atoms with Gasteiger partial charge in [0.25, 0.3) is 0 Å². The van der Waals surface area contributed by atoms with Gasteiger partial charge in [0.05, 0.1) is 0 Å². The van der Waals surface area contributed by atoms with E-state index in [1.54, 1.807) is 32.6 Å². The Morgan fingerprint density at radius 1 is 0.968 bits per heavy atom. The van der Waals surface area contributed by atoms with E-state index >= 15 is 0 Å². The van der Waals surface area contributed by atoms with E-state index in [0.717, 1.165) is 27.8 Å².